The third kappa shape index (κ3) is 4.63. The Kier molecular flexibility index (Phi) is 4.10. The van der Waals surface area contributed by atoms with Gasteiger partial charge in [0.1, 0.15) is 0 Å². The maximum Gasteiger partial charge on any atom is 0.320 e. The first-order valence-electron chi connectivity index (χ1n) is 1.68. The smallest absolute Gasteiger partial charge is 0.292 e. The van der Waals surface area contributed by atoms with Crippen LogP contribution in [-0.4, -0.2) is 29.0 Å². The predicted molar refractivity (Wildman–Crippen MR) is 30.4 cm³/mol. The van der Waals surface area contributed by atoms with Crippen LogP contribution in [0.1, 0.15) is 0 Å². The van der Waals surface area contributed by atoms with Gasteiger partial charge < -0.3 is 0 Å². The minimum absolute atomic E-state index is 0.343. The van der Waals surface area contributed by atoms with Gasteiger partial charge in [0.2, 0.25) is 0 Å². The molecule has 2 atom stereocenters. The lowest BCUT2D eigenvalue weighted by atomic mass is 11.6. The van der Waals surface area contributed by atoms with E-state index in [1.165, 1.54) is 0 Å². The second-order valence-corrected chi connectivity index (χ2v) is 2.52. The summed E-state index contributed by atoms with van der Waals surface area (Å²) in [5.41, 5.74) is 0. The van der Waals surface area contributed by atoms with Crippen molar-refractivity contribution in [1.29, 1.82) is 0 Å². The van der Waals surface area contributed by atoms with Crippen molar-refractivity contribution in [3.8, 4) is 0 Å². The number of nitrogens with zero attached hydrogens (tertiary/aromatic N) is 1. The van der Waals surface area contributed by atoms with Gasteiger partial charge in [-0.15, -0.1) is 0 Å². The highest BCUT2D eigenvalue weighted by molar-refractivity contribution is 7.78. The SMILES string of the molecule is CN(OS(=O)O)S(=O)O. The first-order valence-corrected chi connectivity index (χ1v) is 3.77. The van der Waals surface area contributed by atoms with E-state index in [0.717, 1.165) is 7.05 Å². The van der Waals surface area contributed by atoms with Crippen molar-refractivity contribution < 1.29 is 21.8 Å². The molecule has 8 heteroatoms. The van der Waals surface area contributed by atoms with Crippen molar-refractivity contribution in [2.24, 2.45) is 0 Å². The van der Waals surface area contributed by atoms with Gasteiger partial charge >= 0.3 is 11.4 Å². The maximum absolute atomic E-state index is 9.90. The van der Waals surface area contributed by atoms with E-state index in [-0.39, 0.29) is 0 Å². The molecule has 0 aromatic rings. The lowest BCUT2D eigenvalue weighted by Crippen LogP contribution is -2.21. The van der Waals surface area contributed by atoms with Gasteiger partial charge in [-0.3, -0.25) is 9.11 Å². The van der Waals surface area contributed by atoms with Crippen LogP contribution in [0.3, 0.4) is 0 Å². The van der Waals surface area contributed by atoms with E-state index in [0.29, 0.717) is 4.47 Å². The van der Waals surface area contributed by atoms with Crippen molar-refractivity contribution in [3.05, 3.63) is 0 Å². The lowest BCUT2D eigenvalue weighted by Gasteiger charge is -2.04. The molecule has 56 valence electrons. The van der Waals surface area contributed by atoms with Gasteiger partial charge in [0.05, 0.1) is 0 Å². The predicted octanol–water partition coefficient (Wildman–Crippen LogP) is -0.877. The van der Waals surface area contributed by atoms with Crippen LogP contribution in [0.5, 0.6) is 0 Å². The molecule has 0 rings (SSSR count). The zero-order chi connectivity index (χ0) is 7.44. The molecule has 0 radical (unpaired) electrons. The van der Waals surface area contributed by atoms with E-state index < -0.39 is 22.6 Å². The molecule has 2 unspecified atom stereocenters. The summed E-state index contributed by atoms with van der Waals surface area (Å²) in [6.45, 7) is 0. The molecule has 0 saturated carbocycles. The zero-order valence-electron chi connectivity index (χ0n) is 4.38. The number of hydroxylamine groups is 1. The lowest BCUT2D eigenvalue weighted by molar-refractivity contribution is 0.0686. The Bertz CT molecular complexity index is 135. The molecule has 0 bridgehead atoms. The van der Waals surface area contributed by atoms with Crippen LogP contribution in [0.4, 0.5) is 0 Å². The molecule has 0 aliphatic carbocycles. The van der Waals surface area contributed by atoms with E-state index in [9.17, 15) is 8.42 Å². The monoisotopic (exact) mass is 175 g/mol. The molecule has 0 saturated heterocycles. The third-order valence-corrected chi connectivity index (χ3v) is 1.35. The van der Waals surface area contributed by atoms with E-state index >= 15 is 0 Å². The Morgan fingerprint density at radius 2 is 1.89 bits per heavy atom. The summed E-state index contributed by atoms with van der Waals surface area (Å²) in [5, 5.41) is 0. The van der Waals surface area contributed by atoms with Crippen LogP contribution in [0, 0.1) is 0 Å². The number of hydrogen-bond donors (Lipinski definition) is 2. The Balaban J connectivity index is 3.63. The fourth-order valence-corrected chi connectivity index (χ4v) is 0.660. The summed E-state index contributed by atoms with van der Waals surface area (Å²) in [6.07, 6.45) is 0. The largest absolute Gasteiger partial charge is 0.320 e. The molecule has 6 nitrogen and oxygen atoms in total. The molecule has 0 aliphatic rings. The topological polar surface area (TPSA) is 87.1 Å². The molecular formula is CH5NO5S2. The standard InChI is InChI=1S/CH5NO5S2/c1-2(8(3)4)7-9(5)6/h1H3,(H,3,4)(H,5,6). The van der Waals surface area contributed by atoms with Gasteiger partial charge in [0, 0.05) is 7.05 Å². The molecular weight excluding hydrogens is 170 g/mol. The molecule has 0 fully saturated rings. The molecule has 0 aliphatic heterocycles. The molecule has 0 aromatic heterocycles. The molecule has 0 amide bonds. The minimum Gasteiger partial charge on any atom is -0.292 e. The van der Waals surface area contributed by atoms with Gasteiger partial charge in [-0.05, 0) is 0 Å². The van der Waals surface area contributed by atoms with Crippen LogP contribution in [0.25, 0.3) is 0 Å². The number of hydrogen-bond acceptors (Lipinski definition) is 3. The Morgan fingerprint density at radius 3 is 2.00 bits per heavy atom. The average Bonchev–Trinajstić information content (AvgIpc) is 1.63. The summed E-state index contributed by atoms with van der Waals surface area (Å²) in [4.78, 5) is 0. The fourth-order valence-electron chi connectivity index (χ4n) is 0.116. The van der Waals surface area contributed by atoms with Crippen molar-refractivity contribution in [2.45, 2.75) is 0 Å². The normalized spacial score (nSPS) is 17.8. The first kappa shape index (κ1) is 9.14. The van der Waals surface area contributed by atoms with Crippen LogP contribution in [0.2, 0.25) is 0 Å². The first-order chi connectivity index (χ1) is 4.04. The number of rotatable bonds is 3. The molecule has 2 N–H and O–H groups in total. The molecule has 0 spiro atoms. The quantitative estimate of drug-likeness (QED) is 0.430. The van der Waals surface area contributed by atoms with Crippen LogP contribution in [-0.2, 0) is 26.9 Å². The second-order valence-electron chi connectivity index (χ2n) is 0.962. The third-order valence-electron chi connectivity index (χ3n) is 0.389. The summed E-state index contributed by atoms with van der Waals surface area (Å²) in [7, 11) is 1.05. The maximum atomic E-state index is 9.90. The summed E-state index contributed by atoms with van der Waals surface area (Å²) in [5.74, 6) is 0. The Hall–Kier alpha value is 0.140. The average molecular weight is 175 g/mol. The van der Waals surface area contributed by atoms with Crippen molar-refractivity contribution in [2.75, 3.05) is 7.05 Å². The van der Waals surface area contributed by atoms with Crippen LogP contribution in [0.15, 0.2) is 0 Å². The zero-order valence-corrected chi connectivity index (χ0v) is 6.02. The molecule has 0 heterocycles. The van der Waals surface area contributed by atoms with E-state index in [1.54, 1.807) is 0 Å². The minimum atomic E-state index is -2.54. The molecule has 9 heavy (non-hydrogen) atoms. The summed E-state index contributed by atoms with van der Waals surface area (Å²) >= 11 is -4.92. The van der Waals surface area contributed by atoms with Gasteiger partial charge in [0.25, 0.3) is 11.3 Å². The molecule has 0 aromatic carbocycles. The van der Waals surface area contributed by atoms with Crippen LogP contribution >= 0.6 is 0 Å². The van der Waals surface area contributed by atoms with Crippen LogP contribution < -0.4 is 0 Å². The van der Waals surface area contributed by atoms with E-state index in [2.05, 4.69) is 4.28 Å². The highest BCUT2D eigenvalue weighted by Gasteiger charge is 2.06. The summed E-state index contributed by atoms with van der Waals surface area (Å²) < 4.78 is 39.8. The highest BCUT2D eigenvalue weighted by Crippen LogP contribution is 1.89. The van der Waals surface area contributed by atoms with Gasteiger partial charge in [0.15, 0.2) is 0 Å². The van der Waals surface area contributed by atoms with Crippen molar-refractivity contribution in [3.63, 3.8) is 0 Å². The second kappa shape index (κ2) is 4.04. The highest BCUT2D eigenvalue weighted by atomic mass is 32.2. The van der Waals surface area contributed by atoms with Gasteiger partial charge in [-0.25, -0.2) is 4.21 Å². The van der Waals surface area contributed by atoms with Gasteiger partial charge in [-0.2, -0.15) is 8.49 Å². The van der Waals surface area contributed by atoms with E-state index in [1.807, 2.05) is 0 Å². The van der Waals surface area contributed by atoms with Crippen molar-refractivity contribution >= 4 is 22.6 Å². The van der Waals surface area contributed by atoms with E-state index in [4.69, 9.17) is 9.11 Å². The van der Waals surface area contributed by atoms with Crippen molar-refractivity contribution in [1.82, 2.24) is 4.47 Å². The van der Waals surface area contributed by atoms with Gasteiger partial charge in [-0.1, -0.05) is 4.47 Å². The Morgan fingerprint density at radius 1 is 1.44 bits per heavy atom. The summed E-state index contributed by atoms with van der Waals surface area (Å²) in [6, 6.07) is 0. The Labute approximate surface area is 56.7 Å². The fraction of sp³-hybridized carbons (Fsp3) is 1.00.